The van der Waals surface area contributed by atoms with E-state index in [0.717, 1.165) is 16.2 Å². The zero-order chi connectivity index (χ0) is 19.9. The summed E-state index contributed by atoms with van der Waals surface area (Å²) >= 11 is 6.95. The molecule has 0 spiro atoms. The monoisotopic (exact) mass is 416 g/mol. The molecule has 0 aliphatic carbocycles. The molecule has 1 fully saturated rings. The summed E-state index contributed by atoms with van der Waals surface area (Å²) in [5, 5.41) is 13.7. The molecule has 28 heavy (non-hydrogen) atoms. The largest absolute Gasteiger partial charge is 0.325 e. The lowest BCUT2D eigenvalue weighted by Crippen LogP contribution is -2.41. The van der Waals surface area contributed by atoms with Gasteiger partial charge in [-0.05, 0) is 47.2 Å². The Bertz CT molecular complexity index is 1080. The number of urea groups is 1. The fourth-order valence-corrected chi connectivity index (χ4v) is 3.93. The standard InChI is InChI=1S/C17H13ClN6O3S/c1-17(10-3-2-4-11(7-10)24-9-19-21-22-24)15(26)23(16(27)20-17)8-12(25)13-5-6-14(18)28-13/h2-7,9H,8H2,1H3,(H,20,27)/t17-/m1/s1. The van der Waals surface area contributed by atoms with E-state index in [0.29, 0.717) is 20.5 Å². The van der Waals surface area contributed by atoms with Crippen molar-refractivity contribution in [1.82, 2.24) is 30.4 Å². The molecule has 0 saturated carbocycles. The van der Waals surface area contributed by atoms with Crippen LogP contribution in [0.4, 0.5) is 4.79 Å². The van der Waals surface area contributed by atoms with Gasteiger partial charge in [-0.15, -0.1) is 16.4 Å². The van der Waals surface area contributed by atoms with E-state index < -0.39 is 17.5 Å². The number of carbonyl (C=O) groups is 3. The van der Waals surface area contributed by atoms with E-state index in [1.54, 1.807) is 43.3 Å². The number of tetrazole rings is 1. The van der Waals surface area contributed by atoms with Gasteiger partial charge in [-0.1, -0.05) is 23.7 Å². The van der Waals surface area contributed by atoms with Crippen molar-refractivity contribution in [3.63, 3.8) is 0 Å². The molecule has 1 aromatic carbocycles. The zero-order valence-corrected chi connectivity index (χ0v) is 16.1. The van der Waals surface area contributed by atoms with Crippen molar-refractivity contribution in [3.8, 4) is 5.69 Å². The lowest BCUT2D eigenvalue weighted by atomic mass is 9.91. The number of nitrogens with one attached hydrogen (secondary N) is 1. The average Bonchev–Trinajstić information content (AvgIpc) is 3.40. The predicted octanol–water partition coefficient (Wildman–Crippen LogP) is 2.03. The minimum Gasteiger partial charge on any atom is -0.319 e. The SMILES string of the molecule is C[C@]1(c2cccc(-n3cnnn3)c2)NC(=O)N(CC(=O)c2ccc(Cl)s2)C1=O. The number of hydrogen-bond acceptors (Lipinski definition) is 7. The number of rotatable bonds is 5. The van der Waals surface area contributed by atoms with Crippen LogP contribution in [0.2, 0.25) is 4.34 Å². The molecule has 142 valence electrons. The highest BCUT2D eigenvalue weighted by atomic mass is 35.5. The number of carbonyl (C=O) groups excluding carboxylic acids is 3. The Morgan fingerprint density at radius 1 is 1.29 bits per heavy atom. The first-order valence-corrected chi connectivity index (χ1v) is 9.34. The first-order chi connectivity index (χ1) is 13.4. The molecule has 3 aromatic rings. The summed E-state index contributed by atoms with van der Waals surface area (Å²) in [6, 6.07) is 9.47. The summed E-state index contributed by atoms with van der Waals surface area (Å²) < 4.78 is 1.90. The van der Waals surface area contributed by atoms with Crippen LogP contribution < -0.4 is 5.32 Å². The van der Waals surface area contributed by atoms with E-state index in [4.69, 9.17) is 11.6 Å². The zero-order valence-electron chi connectivity index (χ0n) is 14.5. The Kier molecular flexibility index (Phi) is 4.44. The van der Waals surface area contributed by atoms with Crippen LogP contribution in [-0.4, -0.2) is 49.4 Å². The van der Waals surface area contributed by atoms with Crippen molar-refractivity contribution < 1.29 is 14.4 Å². The fraction of sp³-hybridized carbons (Fsp3) is 0.176. The Labute approximate surface area is 167 Å². The lowest BCUT2D eigenvalue weighted by molar-refractivity contribution is -0.130. The Morgan fingerprint density at radius 3 is 2.79 bits per heavy atom. The van der Waals surface area contributed by atoms with Gasteiger partial charge in [0.2, 0.25) is 0 Å². The third-order valence-corrected chi connectivity index (χ3v) is 5.73. The minimum atomic E-state index is -1.31. The molecule has 3 heterocycles. The Hall–Kier alpha value is -3.11. The number of thiophene rings is 1. The van der Waals surface area contributed by atoms with Crippen LogP contribution in [0.5, 0.6) is 0 Å². The molecule has 1 aliphatic rings. The number of Topliss-reactive ketones (excluding diaryl/α,β-unsaturated/α-hetero) is 1. The number of ketones is 1. The molecule has 4 rings (SSSR count). The van der Waals surface area contributed by atoms with Gasteiger partial charge in [0.25, 0.3) is 5.91 Å². The van der Waals surface area contributed by atoms with Crippen molar-refractivity contribution in [2.24, 2.45) is 0 Å². The van der Waals surface area contributed by atoms with Crippen LogP contribution >= 0.6 is 22.9 Å². The lowest BCUT2D eigenvalue weighted by Gasteiger charge is -2.22. The van der Waals surface area contributed by atoms with Gasteiger partial charge in [-0.3, -0.25) is 14.5 Å². The van der Waals surface area contributed by atoms with Gasteiger partial charge in [0.1, 0.15) is 11.9 Å². The average molecular weight is 417 g/mol. The van der Waals surface area contributed by atoms with Crippen LogP contribution in [0.15, 0.2) is 42.7 Å². The molecular weight excluding hydrogens is 404 g/mol. The van der Waals surface area contributed by atoms with E-state index >= 15 is 0 Å². The van der Waals surface area contributed by atoms with Gasteiger partial charge in [0, 0.05) is 0 Å². The van der Waals surface area contributed by atoms with Crippen LogP contribution in [0.3, 0.4) is 0 Å². The molecule has 1 atom stereocenters. The Morgan fingerprint density at radius 2 is 2.11 bits per heavy atom. The molecule has 1 N–H and O–H groups in total. The maximum atomic E-state index is 13.0. The van der Waals surface area contributed by atoms with E-state index in [1.807, 2.05) is 0 Å². The summed E-state index contributed by atoms with van der Waals surface area (Å²) in [7, 11) is 0. The third kappa shape index (κ3) is 3.06. The van der Waals surface area contributed by atoms with Crippen molar-refractivity contribution in [1.29, 1.82) is 0 Å². The van der Waals surface area contributed by atoms with Crippen molar-refractivity contribution in [3.05, 3.63) is 57.5 Å². The number of halogens is 1. The highest BCUT2D eigenvalue weighted by molar-refractivity contribution is 7.18. The summed E-state index contributed by atoms with van der Waals surface area (Å²) in [6.45, 7) is 1.24. The van der Waals surface area contributed by atoms with E-state index in [-0.39, 0.29) is 12.3 Å². The van der Waals surface area contributed by atoms with Gasteiger partial charge < -0.3 is 5.32 Å². The second-order valence-electron chi connectivity index (χ2n) is 6.28. The van der Waals surface area contributed by atoms with E-state index in [2.05, 4.69) is 20.8 Å². The van der Waals surface area contributed by atoms with Crippen LogP contribution in [0.1, 0.15) is 22.2 Å². The normalized spacial score (nSPS) is 19.1. The van der Waals surface area contributed by atoms with Gasteiger partial charge >= 0.3 is 6.03 Å². The van der Waals surface area contributed by atoms with Crippen LogP contribution in [-0.2, 0) is 10.3 Å². The second kappa shape index (κ2) is 6.80. The number of amides is 3. The minimum absolute atomic E-state index is 0.355. The highest BCUT2D eigenvalue weighted by Crippen LogP contribution is 2.30. The smallest absolute Gasteiger partial charge is 0.319 e. The maximum Gasteiger partial charge on any atom is 0.325 e. The quantitative estimate of drug-likeness (QED) is 0.503. The van der Waals surface area contributed by atoms with Gasteiger partial charge in [0.15, 0.2) is 5.78 Å². The number of benzene rings is 1. The number of aromatic nitrogens is 4. The number of imide groups is 1. The van der Waals surface area contributed by atoms with Crippen molar-refractivity contribution in [2.45, 2.75) is 12.5 Å². The topological polar surface area (TPSA) is 110 Å². The first-order valence-electron chi connectivity index (χ1n) is 8.15. The molecule has 2 aromatic heterocycles. The molecule has 0 bridgehead atoms. The van der Waals surface area contributed by atoms with Gasteiger partial charge in [-0.25, -0.2) is 9.48 Å². The maximum absolute atomic E-state index is 13.0. The fourth-order valence-electron chi connectivity index (χ4n) is 2.96. The third-order valence-electron chi connectivity index (χ3n) is 4.46. The second-order valence-corrected chi connectivity index (χ2v) is 7.99. The molecule has 0 radical (unpaired) electrons. The van der Waals surface area contributed by atoms with Gasteiger partial charge in [-0.2, -0.15) is 0 Å². The van der Waals surface area contributed by atoms with Gasteiger partial charge in [0.05, 0.1) is 21.4 Å². The molecule has 3 amide bonds. The van der Waals surface area contributed by atoms with Crippen molar-refractivity contribution >= 4 is 40.7 Å². The summed E-state index contributed by atoms with van der Waals surface area (Å²) in [4.78, 5) is 39.2. The molecule has 1 saturated heterocycles. The highest BCUT2D eigenvalue weighted by Gasteiger charge is 2.49. The number of hydrogen-bond donors (Lipinski definition) is 1. The molecule has 11 heteroatoms. The molecule has 9 nitrogen and oxygen atoms in total. The first kappa shape index (κ1) is 18.3. The molecule has 1 aliphatic heterocycles. The number of nitrogens with zero attached hydrogens (tertiary/aromatic N) is 5. The van der Waals surface area contributed by atoms with E-state index in [9.17, 15) is 14.4 Å². The summed E-state index contributed by atoms with van der Waals surface area (Å²) in [6.07, 6.45) is 1.42. The molecular formula is C17H13ClN6O3S. The summed E-state index contributed by atoms with van der Waals surface area (Å²) in [5.74, 6) is -0.866. The predicted molar refractivity (Wildman–Crippen MR) is 100 cm³/mol. The van der Waals surface area contributed by atoms with Crippen LogP contribution in [0, 0.1) is 0 Å². The Balaban J connectivity index is 1.61. The summed E-state index contributed by atoms with van der Waals surface area (Å²) in [5.41, 5.74) is -0.129. The van der Waals surface area contributed by atoms with Crippen LogP contribution in [0.25, 0.3) is 5.69 Å². The molecule has 0 unspecified atom stereocenters. The van der Waals surface area contributed by atoms with Crippen molar-refractivity contribution in [2.75, 3.05) is 6.54 Å². The van der Waals surface area contributed by atoms with E-state index in [1.165, 1.54) is 11.0 Å².